The van der Waals surface area contributed by atoms with Crippen molar-refractivity contribution in [1.82, 2.24) is 9.55 Å². The Kier molecular flexibility index (Phi) is 3.08. The van der Waals surface area contributed by atoms with Crippen LogP contribution in [0.1, 0.15) is 20.8 Å². The summed E-state index contributed by atoms with van der Waals surface area (Å²) in [7, 11) is 1.33. The summed E-state index contributed by atoms with van der Waals surface area (Å²) in [5, 5.41) is 13.7. The minimum atomic E-state index is -0.783. The zero-order valence-electron chi connectivity index (χ0n) is 10.1. The topological polar surface area (TPSA) is 116 Å². The molecular formula is C9H15N5O3. The summed E-state index contributed by atoms with van der Waals surface area (Å²) in [5.74, 6) is -0.185. The predicted molar refractivity (Wildman–Crippen MR) is 63.9 cm³/mol. The number of nitrogens with zero attached hydrogens (tertiary/aromatic N) is 3. The first-order valence-corrected chi connectivity index (χ1v) is 4.92. The van der Waals surface area contributed by atoms with Crippen LogP contribution in [0.5, 0.6) is 0 Å². The van der Waals surface area contributed by atoms with Crippen LogP contribution in [0.25, 0.3) is 0 Å². The fourth-order valence-electron chi connectivity index (χ4n) is 1.21. The predicted octanol–water partition coefficient (Wildman–Crippen LogP) is 0.481. The van der Waals surface area contributed by atoms with E-state index >= 15 is 0 Å². The largest absolute Gasteiger partial charge is 0.376 e. The molecule has 3 N–H and O–H groups in total. The van der Waals surface area contributed by atoms with Crippen molar-refractivity contribution in [2.45, 2.75) is 26.3 Å². The van der Waals surface area contributed by atoms with Gasteiger partial charge in [0, 0.05) is 12.6 Å². The summed E-state index contributed by atoms with van der Waals surface area (Å²) in [5.41, 5.74) is 3.65. The Hall–Kier alpha value is -2.12. The molecule has 0 fully saturated rings. The molecule has 0 aromatic carbocycles. The Morgan fingerprint density at radius 2 is 2.00 bits per heavy atom. The van der Waals surface area contributed by atoms with Crippen molar-refractivity contribution in [2.24, 2.45) is 7.05 Å². The molecule has 1 aromatic rings. The average molecular weight is 241 g/mol. The van der Waals surface area contributed by atoms with Crippen LogP contribution in [0.3, 0.4) is 0 Å². The molecule has 0 saturated carbocycles. The summed E-state index contributed by atoms with van der Waals surface area (Å²) < 4.78 is 0.936. The van der Waals surface area contributed by atoms with Gasteiger partial charge in [-0.2, -0.15) is 4.98 Å². The van der Waals surface area contributed by atoms with Gasteiger partial charge >= 0.3 is 11.2 Å². The van der Waals surface area contributed by atoms with E-state index in [0.29, 0.717) is 0 Å². The zero-order valence-corrected chi connectivity index (χ0v) is 10.1. The maximum absolute atomic E-state index is 11.7. The number of nitrogens with one attached hydrogen (secondary N) is 1. The summed E-state index contributed by atoms with van der Waals surface area (Å²) in [6.45, 7) is 5.39. The molecular weight excluding hydrogens is 226 g/mol. The monoisotopic (exact) mass is 241 g/mol. The van der Waals surface area contributed by atoms with Gasteiger partial charge in [-0.15, -0.1) is 0 Å². The van der Waals surface area contributed by atoms with Crippen molar-refractivity contribution in [3.63, 3.8) is 0 Å². The van der Waals surface area contributed by atoms with Crippen molar-refractivity contribution >= 4 is 17.5 Å². The SMILES string of the molecule is Cn1c(N)nc(NC(C)(C)C)c([N+](=O)[O-])c1=O. The van der Waals surface area contributed by atoms with Crippen LogP contribution in [0.2, 0.25) is 0 Å². The highest BCUT2D eigenvalue weighted by Gasteiger charge is 2.26. The number of aromatic nitrogens is 2. The summed E-state index contributed by atoms with van der Waals surface area (Å²) >= 11 is 0. The van der Waals surface area contributed by atoms with E-state index in [2.05, 4.69) is 10.3 Å². The van der Waals surface area contributed by atoms with Gasteiger partial charge in [-0.3, -0.25) is 19.5 Å². The fourth-order valence-corrected chi connectivity index (χ4v) is 1.21. The number of hydrogen-bond donors (Lipinski definition) is 2. The smallest absolute Gasteiger partial charge is 0.369 e. The Bertz CT molecular complexity index is 515. The lowest BCUT2D eigenvalue weighted by Gasteiger charge is -2.21. The van der Waals surface area contributed by atoms with E-state index in [1.54, 1.807) is 20.8 Å². The van der Waals surface area contributed by atoms with E-state index in [-0.39, 0.29) is 11.8 Å². The lowest BCUT2D eigenvalue weighted by Crippen LogP contribution is -2.31. The summed E-state index contributed by atoms with van der Waals surface area (Å²) in [6, 6.07) is 0. The lowest BCUT2D eigenvalue weighted by atomic mass is 10.1. The van der Waals surface area contributed by atoms with Crippen LogP contribution < -0.4 is 16.6 Å². The van der Waals surface area contributed by atoms with Crippen LogP contribution >= 0.6 is 0 Å². The van der Waals surface area contributed by atoms with Crippen LogP contribution in [0.4, 0.5) is 17.5 Å². The van der Waals surface area contributed by atoms with E-state index in [1.165, 1.54) is 7.05 Å². The van der Waals surface area contributed by atoms with Gasteiger partial charge in [0.05, 0.1) is 4.92 Å². The van der Waals surface area contributed by atoms with Crippen LogP contribution in [-0.4, -0.2) is 20.0 Å². The molecule has 0 unspecified atom stereocenters. The Labute approximate surface area is 97.6 Å². The maximum Gasteiger partial charge on any atom is 0.376 e. The van der Waals surface area contributed by atoms with E-state index in [4.69, 9.17) is 5.73 Å². The van der Waals surface area contributed by atoms with E-state index in [0.717, 1.165) is 4.57 Å². The molecule has 0 saturated heterocycles. The second kappa shape index (κ2) is 4.04. The number of rotatable bonds is 2. The van der Waals surface area contributed by atoms with E-state index in [9.17, 15) is 14.9 Å². The standard InChI is InChI=1S/C9H15N5O3/c1-9(2,3)12-6-5(14(16)17)7(15)13(4)8(10)11-6/h12H,1-4H3,(H2,10,11). The maximum atomic E-state index is 11.7. The number of hydrogen-bond acceptors (Lipinski definition) is 6. The van der Waals surface area contributed by atoms with Crippen molar-refractivity contribution in [2.75, 3.05) is 11.1 Å². The van der Waals surface area contributed by atoms with Gasteiger partial charge in [-0.05, 0) is 20.8 Å². The quantitative estimate of drug-likeness (QED) is 0.574. The van der Waals surface area contributed by atoms with E-state index in [1.807, 2.05) is 0 Å². The van der Waals surface area contributed by atoms with Gasteiger partial charge in [0.25, 0.3) is 0 Å². The molecule has 0 aliphatic rings. The lowest BCUT2D eigenvalue weighted by molar-refractivity contribution is -0.385. The minimum Gasteiger partial charge on any atom is -0.369 e. The molecule has 0 bridgehead atoms. The first kappa shape index (κ1) is 12.9. The fraction of sp³-hybridized carbons (Fsp3) is 0.556. The summed E-state index contributed by atoms with van der Waals surface area (Å²) in [4.78, 5) is 25.6. The molecule has 0 radical (unpaired) electrons. The molecule has 0 aliphatic carbocycles. The third kappa shape index (κ3) is 2.71. The second-order valence-corrected chi connectivity index (χ2v) is 4.66. The van der Waals surface area contributed by atoms with Crippen LogP contribution in [0.15, 0.2) is 4.79 Å². The molecule has 0 atom stereocenters. The Morgan fingerprint density at radius 1 is 1.47 bits per heavy atom. The number of nitrogens with two attached hydrogens (primary N) is 1. The molecule has 8 heteroatoms. The average Bonchev–Trinajstić information content (AvgIpc) is 2.11. The first-order valence-electron chi connectivity index (χ1n) is 4.92. The van der Waals surface area contributed by atoms with Gasteiger partial charge in [0.2, 0.25) is 11.8 Å². The molecule has 94 valence electrons. The highest BCUT2D eigenvalue weighted by atomic mass is 16.6. The zero-order chi connectivity index (χ0) is 13.4. The number of nitrogen functional groups attached to an aromatic ring is 1. The second-order valence-electron chi connectivity index (χ2n) is 4.66. The van der Waals surface area contributed by atoms with Gasteiger partial charge in [-0.25, -0.2) is 0 Å². The van der Waals surface area contributed by atoms with E-state index < -0.39 is 21.7 Å². The van der Waals surface area contributed by atoms with Gasteiger partial charge < -0.3 is 11.1 Å². The molecule has 8 nitrogen and oxygen atoms in total. The molecule has 1 heterocycles. The van der Waals surface area contributed by atoms with Crippen molar-refractivity contribution in [1.29, 1.82) is 0 Å². The molecule has 0 aliphatic heterocycles. The van der Waals surface area contributed by atoms with Gasteiger partial charge in [0.1, 0.15) is 0 Å². The van der Waals surface area contributed by atoms with Gasteiger partial charge in [-0.1, -0.05) is 0 Å². The third-order valence-electron chi connectivity index (χ3n) is 1.98. The first-order chi connectivity index (χ1) is 7.63. The molecule has 17 heavy (non-hydrogen) atoms. The molecule has 1 rings (SSSR count). The van der Waals surface area contributed by atoms with Gasteiger partial charge in [0.15, 0.2) is 0 Å². The van der Waals surface area contributed by atoms with Crippen molar-refractivity contribution in [3.05, 3.63) is 20.5 Å². The molecule has 1 aromatic heterocycles. The highest BCUT2D eigenvalue weighted by molar-refractivity contribution is 5.57. The van der Waals surface area contributed by atoms with Crippen molar-refractivity contribution < 1.29 is 4.92 Å². The minimum absolute atomic E-state index is 0.0765. The highest BCUT2D eigenvalue weighted by Crippen LogP contribution is 2.21. The number of anilines is 2. The van der Waals surface area contributed by atoms with Crippen LogP contribution in [0, 0.1) is 10.1 Å². The summed E-state index contributed by atoms with van der Waals surface area (Å²) in [6.07, 6.45) is 0. The molecule has 0 amide bonds. The molecule has 0 spiro atoms. The van der Waals surface area contributed by atoms with Crippen molar-refractivity contribution in [3.8, 4) is 0 Å². The van der Waals surface area contributed by atoms with Crippen LogP contribution in [-0.2, 0) is 7.05 Å². The number of nitro groups is 1. The normalized spacial score (nSPS) is 11.3. The Morgan fingerprint density at radius 3 is 2.41 bits per heavy atom. The third-order valence-corrected chi connectivity index (χ3v) is 1.98. The Balaban J connectivity index is 3.49.